The standard InChI is InChI=1S/C33H41NO4/c1-3-12-29-32(35)31(33(37-26-16-7-8-17-26)38-27-18-9-10-19-27)23(2)30(34-29)22-24-13-11-20-28(21-24)36-25-14-5-4-6-15-25/h4-6,11,13-15,20-21,26-27,33,35H,3,7-10,12,16-19,22H2,1-2H3. The van der Waals surface area contributed by atoms with Gasteiger partial charge in [0.2, 0.25) is 0 Å². The molecule has 1 aromatic heterocycles. The van der Waals surface area contributed by atoms with E-state index in [0.29, 0.717) is 12.8 Å². The molecule has 0 spiro atoms. The van der Waals surface area contributed by atoms with Gasteiger partial charge < -0.3 is 19.3 Å². The van der Waals surface area contributed by atoms with Gasteiger partial charge in [0.15, 0.2) is 6.29 Å². The zero-order valence-electron chi connectivity index (χ0n) is 22.8. The Bertz CT molecular complexity index is 1170. The first-order chi connectivity index (χ1) is 18.6. The fraction of sp³-hybridized carbons (Fsp3) is 0.485. The average molecular weight is 516 g/mol. The molecule has 0 unspecified atom stereocenters. The topological polar surface area (TPSA) is 60.8 Å². The molecule has 0 saturated heterocycles. The number of hydrogen-bond donors (Lipinski definition) is 1. The molecule has 2 aromatic carbocycles. The second-order valence-corrected chi connectivity index (χ2v) is 10.8. The minimum atomic E-state index is -0.564. The Labute approximate surface area is 227 Å². The van der Waals surface area contributed by atoms with Crippen LogP contribution in [0.1, 0.15) is 99.1 Å². The molecular weight excluding hydrogens is 474 g/mol. The molecule has 0 radical (unpaired) electrons. The van der Waals surface area contributed by atoms with E-state index in [0.717, 1.165) is 71.7 Å². The van der Waals surface area contributed by atoms with E-state index in [1.807, 2.05) is 42.5 Å². The largest absolute Gasteiger partial charge is 0.506 e. The van der Waals surface area contributed by atoms with Crippen LogP contribution in [-0.2, 0) is 22.3 Å². The monoisotopic (exact) mass is 515 g/mol. The summed E-state index contributed by atoms with van der Waals surface area (Å²) in [4.78, 5) is 4.98. The van der Waals surface area contributed by atoms with Crippen LogP contribution in [0.5, 0.6) is 17.2 Å². The highest BCUT2D eigenvalue weighted by atomic mass is 16.7. The zero-order valence-corrected chi connectivity index (χ0v) is 22.8. The molecule has 2 fully saturated rings. The van der Waals surface area contributed by atoms with E-state index in [-0.39, 0.29) is 18.0 Å². The summed E-state index contributed by atoms with van der Waals surface area (Å²) >= 11 is 0. The molecule has 38 heavy (non-hydrogen) atoms. The van der Waals surface area contributed by atoms with Crippen molar-refractivity contribution in [2.75, 3.05) is 0 Å². The molecule has 5 heteroatoms. The van der Waals surface area contributed by atoms with Crippen molar-refractivity contribution in [1.29, 1.82) is 0 Å². The quantitative estimate of drug-likeness (QED) is 0.260. The summed E-state index contributed by atoms with van der Waals surface area (Å²) in [7, 11) is 0. The van der Waals surface area contributed by atoms with Crippen molar-refractivity contribution in [2.45, 2.75) is 103 Å². The van der Waals surface area contributed by atoms with Gasteiger partial charge in [-0.25, -0.2) is 0 Å². The van der Waals surface area contributed by atoms with Gasteiger partial charge in [-0.1, -0.05) is 69.4 Å². The van der Waals surface area contributed by atoms with Crippen molar-refractivity contribution in [2.24, 2.45) is 0 Å². The molecule has 1 heterocycles. The Balaban J connectivity index is 1.46. The Morgan fingerprint density at radius 3 is 2.11 bits per heavy atom. The Kier molecular flexibility index (Phi) is 8.98. The Morgan fingerprint density at radius 2 is 1.47 bits per heavy atom. The molecule has 0 atom stereocenters. The maximum atomic E-state index is 11.5. The van der Waals surface area contributed by atoms with Crippen molar-refractivity contribution in [3.63, 3.8) is 0 Å². The predicted molar refractivity (Wildman–Crippen MR) is 150 cm³/mol. The number of aromatic hydroxyl groups is 1. The van der Waals surface area contributed by atoms with Gasteiger partial charge >= 0.3 is 0 Å². The maximum absolute atomic E-state index is 11.5. The normalized spacial score (nSPS) is 16.5. The highest BCUT2D eigenvalue weighted by molar-refractivity contribution is 5.47. The molecule has 202 valence electrons. The summed E-state index contributed by atoms with van der Waals surface area (Å²) in [5.41, 5.74) is 4.52. The van der Waals surface area contributed by atoms with Gasteiger partial charge in [-0.3, -0.25) is 4.98 Å². The molecule has 5 nitrogen and oxygen atoms in total. The van der Waals surface area contributed by atoms with Gasteiger partial charge in [-0.2, -0.15) is 0 Å². The smallest absolute Gasteiger partial charge is 0.188 e. The number of nitrogens with zero attached hydrogens (tertiary/aromatic N) is 1. The number of ether oxygens (including phenoxy) is 3. The van der Waals surface area contributed by atoms with Gasteiger partial charge in [0.25, 0.3) is 0 Å². The molecule has 0 aliphatic heterocycles. The van der Waals surface area contributed by atoms with Crippen molar-refractivity contribution in [3.8, 4) is 17.2 Å². The van der Waals surface area contributed by atoms with Crippen LogP contribution in [0.15, 0.2) is 54.6 Å². The van der Waals surface area contributed by atoms with E-state index >= 15 is 0 Å². The van der Waals surface area contributed by atoms with Crippen molar-refractivity contribution in [1.82, 2.24) is 4.98 Å². The minimum absolute atomic E-state index is 0.179. The predicted octanol–water partition coefficient (Wildman–Crippen LogP) is 8.35. The summed E-state index contributed by atoms with van der Waals surface area (Å²) in [6.07, 6.45) is 11.0. The van der Waals surface area contributed by atoms with Crippen LogP contribution in [0.3, 0.4) is 0 Å². The fourth-order valence-corrected chi connectivity index (χ4v) is 5.76. The highest BCUT2D eigenvalue weighted by Gasteiger charge is 2.31. The number of pyridine rings is 1. The number of aromatic nitrogens is 1. The first-order valence-corrected chi connectivity index (χ1v) is 14.4. The summed E-state index contributed by atoms with van der Waals surface area (Å²) in [5, 5.41) is 11.5. The van der Waals surface area contributed by atoms with E-state index in [2.05, 4.69) is 26.0 Å². The molecule has 5 rings (SSSR count). The zero-order chi connectivity index (χ0) is 26.3. The van der Waals surface area contributed by atoms with E-state index in [4.69, 9.17) is 19.2 Å². The molecule has 3 aromatic rings. The van der Waals surface area contributed by atoms with Crippen LogP contribution in [-0.4, -0.2) is 22.3 Å². The van der Waals surface area contributed by atoms with Crippen LogP contribution in [0.25, 0.3) is 0 Å². The molecular formula is C33H41NO4. The lowest BCUT2D eigenvalue weighted by Gasteiger charge is -2.29. The summed E-state index contributed by atoms with van der Waals surface area (Å²) < 4.78 is 19.3. The van der Waals surface area contributed by atoms with Crippen LogP contribution >= 0.6 is 0 Å². The number of benzene rings is 2. The third-order valence-corrected chi connectivity index (χ3v) is 7.84. The molecule has 0 bridgehead atoms. The lowest BCUT2D eigenvalue weighted by molar-refractivity contribution is -0.197. The van der Waals surface area contributed by atoms with Crippen LogP contribution in [0.4, 0.5) is 0 Å². The van der Waals surface area contributed by atoms with Gasteiger partial charge in [-0.15, -0.1) is 0 Å². The molecule has 0 amide bonds. The second kappa shape index (κ2) is 12.8. The molecule has 2 saturated carbocycles. The Morgan fingerprint density at radius 1 is 0.842 bits per heavy atom. The van der Waals surface area contributed by atoms with E-state index < -0.39 is 6.29 Å². The van der Waals surface area contributed by atoms with E-state index in [1.54, 1.807) is 0 Å². The van der Waals surface area contributed by atoms with Crippen molar-refractivity contribution < 1.29 is 19.3 Å². The number of aryl methyl sites for hydroxylation is 1. The van der Waals surface area contributed by atoms with Gasteiger partial charge in [0, 0.05) is 12.1 Å². The van der Waals surface area contributed by atoms with E-state index in [1.165, 1.54) is 25.7 Å². The molecule has 2 aliphatic carbocycles. The van der Waals surface area contributed by atoms with Crippen molar-refractivity contribution in [3.05, 3.63) is 82.7 Å². The van der Waals surface area contributed by atoms with Crippen LogP contribution < -0.4 is 4.74 Å². The third-order valence-electron chi connectivity index (χ3n) is 7.84. The van der Waals surface area contributed by atoms with Gasteiger partial charge in [0.1, 0.15) is 17.2 Å². The van der Waals surface area contributed by atoms with E-state index in [9.17, 15) is 5.11 Å². The number of hydrogen-bond acceptors (Lipinski definition) is 5. The molecule has 2 aliphatic rings. The molecule has 1 N–H and O–H groups in total. The fourth-order valence-electron chi connectivity index (χ4n) is 5.76. The number of rotatable bonds is 11. The average Bonchev–Trinajstić information content (AvgIpc) is 3.63. The second-order valence-electron chi connectivity index (χ2n) is 10.8. The Hall–Kier alpha value is -2.89. The summed E-state index contributed by atoms with van der Waals surface area (Å²) in [5.74, 6) is 1.86. The first kappa shape index (κ1) is 26.7. The minimum Gasteiger partial charge on any atom is -0.506 e. The lowest BCUT2D eigenvalue weighted by Crippen LogP contribution is -2.23. The number of para-hydroxylation sites is 1. The van der Waals surface area contributed by atoms with Crippen molar-refractivity contribution >= 4 is 0 Å². The maximum Gasteiger partial charge on any atom is 0.188 e. The lowest BCUT2D eigenvalue weighted by atomic mass is 9.98. The SMILES string of the molecule is CCCc1nc(Cc2cccc(Oc3ccccc3)c2)c(C)c(C(OC2CCCC2)OC2CCCC2)c1O. The summed E-state index contributed by atoms with van der Waals surface area (Å²) in [6.45, 7) is 4.17. The highest BCUT2D eigenvalue weighted by Crippen LogP contribution is 2.40. The third kappa shape index (κ3) is 6.57. The van der Waals surface area contributed by atoms with Gasteiger partial charge in [0.05, 0.1) is 23.5 Å². The summed E-state index contributed by atoms with van der Waals surface area (Å²) in [6, 6.07) is 18.0. The first-order valence-electron chi connectivity index (χ1n) is 14.4. The van der Waals surface area contributed by atoms with Crippen LogP contribution in [0, 0.1) is 6.92 Å². The van der Waals surface area contributed by atoms with Crippen LogP contribution in [0.2, 0.25) is 0 Å². The van der Waals surface area contributed by atoms with Gasteiger partial charge in [-0.05, 0) is 74.4 Å².